The summed E-state index contributed by atoms with van der Waals surface area (Å²) in [5.41, 5.74) is 0.787. The Morgan fingerprint density at radius 2 is 1.69 bits per heavy atom. The number of rotatable bonds is 11. The van der Waals surface area contributed by atoms with Crippen LogP contribution < -0.4 is 10.2 Å². The summed E-state index contributed by atoms with van der Waals surface area (Å²) in [4.78, 5) is 66.0. The van der Waals surface area contributed by atoms with E-state index >= 15 is 0 Å². The fraction of sp³-hybridized carbons (Fsp3) is 0.531. The summed E-state index contributed by atoms with van der Waals surface area (Å²) >= 11 is 0. The summed E-state index contributed by atoms with van der Waals surface area (Å²) in [5.74, 6) is -0.0186. The monoisotopic (exact) mass is 617 g/mol. The van der Waals surface area contributed by atoms with E-state index in [0.717, 1.165) is 18.4 Å². The van der Waals surface area contributed by atoms with Crippen molar-refractivity contribution in [3.63, 3.8) is 0 Å². The van der Waals surface area contributed by atoms with Gasteiger partial charge in [-0.1, -0.05) is 43.7 Å². The molecule has 1 aliphatic carbocycles. The van der Waals surface area contributed by atoms with Crippen molar-refractivity contribution in [1.82, 2.24) is 25.1 Å². The Labute approximate surface area is 262 Å². The number of hydrogen-bond donors (Lipinski definition) is 1. The van der Waals surface area contributed by atoms with E-state index in [9.17, 15) is 24.4 Å². The van der Waals surface area contributed by atoms with Crippen molar-refractivity contribution in [2.24, 2.45) is 17.8 Å². The summed E-state index contributed by atoms with van der Waals surface area (Å²) in [5, 5.41) is 12.2. The maximum Gasteiger partial charge on any atom is 0.409 e. The van der Waals surface area contributed by atoms with Crippen LogP contribution in [-0.2, 0) is 19.1 Å². The molecular formula is C32H39N7O6. The number of piperidine rings is 1. The number of unbranched alkanes of at least 4 members (excludes halogenated alkanes) is 1. The van der Waals surface area contributed by atoms with Crippen LogP contribution in [0.3, 0.4) is 0 Å². The lowest BCUT2D eigenvalue weighted by Crippen LogP contribution is -2.56. The van der Waals surface area contributed by atoms with E-state index in [1.165, 1.54) is 0 Å². The molecule has 1 saturated carbocycles. The van der Waals surface area contributed by atoms with Gasteiger partial charge in [0, 0.05) is 50.9 Å². The molecule has 5 rings (SSSR count). The van der Waals surface area contributed by atoms with Gasteiger partial charge in [0.15, 0.2) is 5.82 Å². The first-order valence-electron chi connectivity index (χ1n) is 15.6. The van der Waals surface area contributed by atoms with Gasteiger partial charge in [-0.15, -0.1) is 0 Å². The minimum Gasteiger partial charge on any atom is -0.466 e. The molecule has 3 amide bonds. The number of fused-ring (bicyclic) bond motifs is 1. The Hall–Kier alpha value is -4.73. The first-order chi connectivity index (χ1) is 21.8. The Balaban J connectivity index is 1.28. The summed E-state index contributed by atoms with van der Waals surface area (Å²) < 4.78 is 10.5. The number of anilines is 1. The van der Waals surface area contributed by atoms with E-state index in [1.54, 1.807) is 22.8 Å². The largest absolute Gasteiger partial charge is 0.466 e. The van der Waals surface area contributed by atoms with E-state index in [0.29, 0.717) is 51.0 Å². The predicted octanol–water partition coefficient (Wildman–Crippen LogP) is 2.48. The van der Waals surface area contributed by atoms with E-state index in [4.69, 9.17) is 14.5 Å². The van der Waals surface area contributed by atoms with Gasteiger partial charge in [0.25, 0.3) is 5.91 Å². The first kappa shape index (κ1) is 31.7. The third kappa shape index (κ3) is 7.33. The van der Waals surface area contributed by atoms with Gasteiger partial charge >= 0.3 is 12.1 Å². The lowest BCUT2D eigenvalue weighted by molar-refractivity contribution is -0.145. The third-order valence-corrected chi connectivity index (χ3v) is 8.53. The van der Waals surface area contributed by atoms with Crippen molar-refractivity contribution >= 4 is 29.7 Å². The molecule has 0 radical (unpaired) electrons. The number of amides is 3. The molecule has 1 aromatic carbocycles. The number of nitriles is 1. The zero-order chi connectivity index (χ0) is 31.9. The third-order valence-electron chi connectivity index (χ3n) is 8.53. The zero-order valence-electron chi connectivity index (χ0n) is 25.7. The molecule has 3 aliphatic rings. The molecular weight excluding hydrogens is 578 g/mol. The molecule has 1 aromatic heterocycles. The van der Waals surface area contributed by atoms with E-state index in [2.05, 4.69) is 10.3 Å². The van der Waals surface area contributed by atoms with Gasteiger partial charge < -0.3 is 29.5 Å². The second kappa shape index (κ2) is 14.4. The molecule has 238 valence electrons. The molecule has 2 aliphatic heterocycles. The van der Waals surface area contributed by atoms with E-state index in [1.807, 2.05) is 48.2 Å². The Morgan fingerprint density at radius 1 is 1.00 bits per heavy atom. The highest BCUT2D eigenvalue weighted by Gasteiger charge is 2.60. The Bertz CT molecular complexity index is 1430. The van der Waals surface area contributed by atoms with Crippen LogP contribution in [0.2, 0.25) is 0 Å². The van der Waals surface area contributed by atoms with Crippen LogP contribution in [0.5, 0.6) is 0 Å². The van der Waals surface area contributed by atoms with Crippen LogP contribution in [0.1, 0.15) is 43.6 Å². The highest BCUT2D eigenvalue weighted by atomic mass is 16.6. The number of hydrogen-bond acceptors (Lipinski definition) is 10. The lowest BCUT2D eigenvalue weighted by Gasteiger charge is -2.35. The summed E-state index contributed by atoms with van der Waals surface area (Å²) in [6.07, 6.45) is 1.08. The maximum atomic E-state index is 13.6. The number of carbonyl (C=O) groups is 4. The number of ether oxygens (including phenoxy) is 2. The number of piperazine rings is 1. The zero-order valence-corrected chi connectivity index (χ0v) is 25.7. The van der Waals surface area contributed by atoms with Crippen LogP contribution in [0.15, 0.2) is 36.4 Å². The van der Waals surface area contributed by atoms with Crippen molar-refractivity contribution in [2.75, 3.05) is 57.4 Å². The Morgan fingerprint density at radius 3 is 2.33 bits per heavy atom. The van der Waals surface area contributed by atoms with Crippen LogP contribution >= 0.6 is 0 Å². The normalized spacial score (nSPS) is 20.9. The molecule has 2 saturated heterocycles. The van der Waals surface area contributed by atoms with Crippen LogP contribution in [0, 0.1) is 29.1 Å². The van der Waals surface area contributed by atoms with Crippen molar-refractivity contribution in [1.29, 1.82) is 5.26 Å². The average molecular weight is 618 g/mol. The molecule has 13 heteroatoms. The number of esters is 1. The number of nitrogens with one attached hydrogen (secondary N) is 1. The molecule has 3 heterocycles. The molecule has 3 fully saturated rings. The minimum absolute atomic E-state index is 0.0664. The number of nitrogens with zero attached hydrogens (tertiary/aromatic N) is 6. The van der Waals surface area contributed by atoms with Gasteiger partial charge in [-0.05, 0) is 25.2 Å². The topological polar surface area (TPSA) is 158 Å². The fourth-order valence-corrected chi connectivity index (χ4v) is 5.98. The Kier molecular flexibility index (Phi) is 10.1. The average Bonchev–Trinajstić information content (AvgIpc) is 3.57. The van der Waals surface area contributed by atoms with Crippen molar-refractivity contribution in [3.8, 4) is 17.5 Å². The van der Waals surface area contributed by atoms with Gasteiger partial charge in [0.2, 0.25) is 5.91 Å². The quantitative estimate of drug-likeness (QED) is 0.293. The molecule has 0 bridgehead atoms. The summed E-state index contributed by atoms with van der Waals surface area (Å²) in [7, 11) is 0. The summed E-state index contributed by atoms with van der Waals surface area (Å²) in [6, 6.07) is 11.8. The van der Waals surface area contributed by atoms with Crippen LogP contribution in [-0.4, -0.2) is 102 Å². The van der Waals surface area contributed by atoms with Gasteiger partial charge in [-0.2, -0.15) is 5.26 Å². The van der Waals surface area contributed by atoms with Crippen molar-refractivity contribution in [3.05, 3.63) is 42.1 Å². The van der Waals surface area contributed by atoms with Crippen LogP contribution in [0.4, 0.5) is 10.6 Å². The van der Waals surface area contributed by atoms with Gasteiger partial charge in [0.1, 0.15) is 17.6 Å². The SMILES string of the molecule is CCCCOC(=O)N1CCN(C(=O)[C@H](CC#N)NC(=O)c2cc(N3CC4C(C3)C4C(=O)OCC)nc(-c3ccccc3)n2)CC1. The molecule has 2 unspecified atom stereocenters. The van der Waals surface area contributed by atoms with Crippen molar-refractivity contribution < 1.29 is 28.7 Å². The van der Waals surface area contributed by atoms with E-state index < -0.39 is 23.9 Å². The predicted molar refractivity (Wildman–Crippen MR) is 163 cm³/mol. The standard InChI is InChI=1S/C32H39N7O6/c1-3-5-17-45-32(43)38-15-13-37(14-16-38)30(41)24(11-12-33)35-29(40)25-18-26(36-28(34-25)21-9-7-6-8-10-21)39-19-22-23(20-39)27(22)31(42)44-4-2/h6-10,18,22-24,27H,3-5,11,13-17,19-20H2,1-2H3,(H,35,40)/t22?,23?,24-,27?/m0/s1. The number of carbonyl (C=O) groups excluding carboxylic acids is 4. The molecule has 3 atom stereocenters. The van der Waals surface area contributed by atoms with Crippen molar-refractivity contribution in [2.45, 2.75) is 39.2 Å². The second-order valence-corrected chi connectivity index (χ2v) is 11.5. The second-order valence-electron chi connectivity index (χ2n) is 11.5. The van der Waals surface area contributed by atoms with Gasteiger partial charge in [-0.25, -0.2) is 14.8 Å². The maximum absolute atomic E-state index is 13.6. The van der Waals surface area contributed by atoms with Gasteiger partial charge in [0.05, 0.1) is 31.6 Å². The smallest absolute Gasteiger partial charge is 0.409 e. The molecule has 0 spiro atoms. The van der Waals surface area contributed by atoms with E-state index in [-0.39, 0.29) is 48.9 Å². The van der Waals surface area contributed by atoms with Gasteiger partial charge in [-0.3, -0.25) is 14.4 Å². The molecule has 2 aromatic rings. The molecule has 45 heavy (non-hydrogen) atoms. The number of benzene rings is 1. The number of aromatic nitrogens is 2. The summed E-state index contributed by atoms with van der Waals surface area (Å²) in [6.45, 7) is 6.85. The highest BCUT2D eigenvalue weighted by Crippen LogP contribution is 2.53. The van der Waals surface area contributed by atoms with Crippen LogP contribution in [0.25, 0.3) is 11.4 Å². The molecule has 13 nitrogen and oxygen atoms in total. The first-order valence-corrected chi connectivity index (χ1v) is 15.6. The molecule has 1 N–H and O–H groups in total. The highest BCUT2D eigenvalue weighted by molar-refractivity contribution is 5.97. The lowest BCUT2D eigenvalue weighted by atomic mass is 10.1. The fourth-order valence-electron chi connectivity index (χ4n) is 5.98. The minimum atomic E-state index is -1.09.